The predicted molar refractivity (Wildman–Crippen MR) is 70.8 cm³/mol. The Morgan fingerprint density at radius 1 is 1.50 bits per heavy atom. The summed E-state index contributed by atoms with van der Waals surface area (Å²) in [7, 11) is 1.24. The van der Waals surface area contributed by atoms with E-state index in [2.05, 4.69) is 15.0 Å². The van der Waals surface area contributed by atoms with Gasteiger partial charge in [-0.25, -0.2) is 14.6 Å². The molecule has 1 aliphatic heterocycles. The van der Waals surface area contributed by atoms with Crippen LogP contribution in [0.3, 0.4) is 0 Å². The number of esters is 1. The first kappa shape index (κ1) is 14.3. The van der Waals surface area contributed by atoms with Crippen molar-refractivity contribution in [2.75, 3.05) is 18.6 Å². The molecule has 8 heteroatoms. The summed E-state index contributed by atoms with van der Waals surface area (Å²) in [5.74, 6) is -0.971. The van der Waals surface area contributed by atoms with Crippen molar-refractivity contribution >= 4 is 35.2 Å². The molecule has 2 rings (SSSR count). The largest absolute Gasteiger partial charge is 0.464 e. The van der Waals surface area contributed by atoms with Crippen molar-refractivity contribution in [3.05, 3.63) is 22.5 Å². The van der Waals surface area contributed by atoms with Gasteiger partial charge in [0.1, 0.15) is 0 Å². The van der Waals surface area contributed by atoms with Gasteiger partial charge in [0, 0.05) is 13.0 Å². The first-order valence-corrected chi connectivity index (χ1v) is 6.18. The van der Waals surface area contributed by atoms with Crippen molar-refractivity contribution in [2.45, 2.75) is 13.3 Å². The van der Waals surface area contributed by atoms with Gasteiger partial charge in [-0.1, -0.05) is 11.6 Å². The monoisotopic (exact) mass is 297 g/mol. The number of anilines is 1. The minimum absolute atomic E-state index is 0.0501. The van der Waals surface area contributed by atoms with E-state index >= 15 is 0 Å². The minimum atomic E-state index is -0.625. The highest BCUT2D eigenvalue weighted by Gasteiger charge is 2.27. The van der Waals surface area contributed by atoms with Gasteiger partial charge in [-0.15, -0.1) is 0 Å². The molecule has 0 bridgehead atoms. The van der Waals surface area contributed by atoms with Crippen molar-refractivity contribution in [1.82, 2.24) is 10.3 Å². The molecule has 1 fully saturated rings. The number of aromatic nitrogens is 1. The normalized spacial score (nSPS) is 15.1. The van der Waals surface area contributed by atoms with Crippen molar-refractivity contribution in [2.24, 2.45) is 0 Å². The van der Waals surface area contributed by atoms with Gasteiger partial charge in [0.05, 0.1) is 23.5 Å². The van der Waals surface area contributed by atoms with Crippen molar-refractivity contribution in [3.63, 3.8) is 0 Å². The number of ether oxygens (including phenoxy) is 1. The van der Waals surface area contributed by atoms with E-state index in [-0.39, 0.29) is 29.6 Å². The van der Waals surface area contributed by atoms with Crippen LogP contribution >= 0.6 is 11.6 Å². The van der Waals surface area contributed by atoms with Crippen LogP contribution in [-0.2, 0) is 9.53 Å². The minimum Gasteiger partial charge on any atom is -0.464 e. The molecule has 1 saturated heterocycles. The van der Waals surface area contributed by atoms with Gasteiger partial charge >= 0.3 is 12.0 Å². The number of hydrogen-bond donors (Lipinski definition) is 1. The molecule has 0 atom stereocenters. The van der Waals surface area contributed by atoms with Gasteiger partial charge < -0.3 is 4.74 Å². The Morgan fingerprint density at radius 3 is 2.80 bits per heavy atom. The summed E-state index contributed by atoms with van der Waals surface area (Å²) in [5, 5.41) is 2.44. The highest BCUT2D eigenvalue weighted by molar-refractivity contribution is 6.34. The highest BCUT2D eigenvalue weighted by atomic mass is 35.5. The second-order valence-electron chi connectivity index (χ2n) is 4.17. The van der Waals surface area contributed by atoms with Crippen LogP contribution in [0.2, 0.25) is 5.02 Å². The molecule has 106 valence electrons. The summed E-state index contributed by atoms with van der Waals surface area (Å²) in [4.78, 5) is 39.8. The van der Waals surface area contributed by atoms with Crippen molar-refractivity contribution < 1.29 is 19.1 Å². The van der Waals surface area contributed by atoms with E-state index in [0.29, 0.717) is 11.4 Å². The standard InChI is InChI=1S/C12H12ClN3O4/c1-6-10(13)8(5-7(14-6)11(18)20-2)16-4-3-9(17)15-12(16)19/h5H,3-4H2,1-2H3,(H,15,17,19). The molecule has 0 spiro atoms. The zero-order valence-corrected chi connectivity index (χ0v) is 11.7. The fraction of sp³-hybridized carbons (Fsp3) is 0.333. The van der Waals surface area contributed by atoms with Crippen LogP contribution in [0.4, 0.5) is 10.5 Å². The lowest BCUT2D eigenvalue weighted by Crippen LogP contribution is -2.49. The second-order valence-corrected chi connectivity index (χ2v) is 4.55. The van der Waals surface area contributed by atoms with E-state index in [1.165, 1.54) is 18.1 Å². The Balaban J connectivity index is 2.45. The van der Waals surface area contributed by atoms with Gasteiger partial charge in [0.2, 0.25) is 5.91 Å². The number of nitrogens with zero attached hydrogens (tertiary/aromatic N) is 2. The number of nitrogens with one attached hydrogen (secondary N) is 1. The van der Waals surface area contributed by atoms with Crippen LogP contribution in [0.5, 0.6) is 0 Å². The maximum atomic E-state index is 11.8. The lowest BCUT2D eigenvalue weighted by molar-refractivity contribution is -0.120. The average Bonchev–Trinajstić information content (AvgIpc) is 2.41. The number of hydrogen-bond acceptors (Lipinski definition) is 5. The van der Waals surface area contributed by atoms with Gasteiger partial charge in [0.25, 0.3) is 0 Å². The van der Waals surface area contributed by atoms with E-state index in [1.54, 1.807) is 6.92 Å². The maximum Gasteiger partial charge on any atom is 0.356 e. The second kappa shape index (κ2) is 5.46. The van der Waals surface area contributed by atoms with Crippen LogP contribution in [0.15, 0.2) is 6.07 Å². The molecule has 1 aromatic heterocycles. The molecule has 1 N–H and O–H groups in total. The zero-order chi connectivity index (χ0) is 14.9. The number of carbonyl (C=O) groups is 3. The Kier molecular flexibility index (Phi) is 3.89. The number of halogens is 1. The van der Waals surface area contributed by atoms with E-state index in [9.17, 15) is 14.4 Å². The van der Waals surface area contributed by atoms with Gasteiger partial charge in [-0.2, -0.15) is 0 Å². The number of amides is 3. The Bertz CT molecular complexity index is 603. The molecule has 20 heavy (non-hydrogen) atoms. The topological polar surface area (TPSA) is 88.6 Å². The number of carbonyl (C=O) groups excluding carboxylic acids is 3. The predicted octanol–water partition coefficient (Wildman–Crippen LogP) is 1.28. The first-order valence-electron chi connectivity index (χ1n) is 5.81. The van der Waals surface area contributed by atoms with Gasteiger partial charge in [-0.3, -0.25) is 15.0 Å². The summed E-state index contributed by atoms with van der Waals surface area (Å²) < 4.78 is 4.60. The third-order valence-corrected chi connectivity index (χ3v) is 3.31. The van der Waals surface area contributed by atoms with Crippen LogP contribution in [0, 0.1) is 6.92 Å². The summed E-state index contributed by atoms with van der Waals surface area (Å²) >= 11 is 6.13. The third kappa shape index (κ3) is 2.57. The van der Waals surface area contributed by atoms with Gasteiger partial charge in [-0.05, 0) is 13.0 Å². The summed E-state index contributed by atoms with van der Waals surface area (Å²) in [6.07, 6.45) is 0.164. The molecule has 0 aliphatic carbocycles. The smallest absolute Gasteiger partial charge is 0.356 e. The average molecular weight is 298 g/mol. The quantitative estimate of drug-likeness (QED) is 0.831. The number of imide groups is 1. The zero-order valence-electron chi connectivity index (χ0n) is 10.9. The maximum absolute atomic E-state index is 11.8. The number of rotatable bonds is 2. The van der Waals surface area contributed by atoms with Gasteiger partial charge in [0.15, 0.2) is 5.69 Å². The number of pyridine rings is 1. The Morgan fingerprint density at radius 2 is 2.20 bits per heavy atom. The van der Waals surface area contributed by atoms with E-state index in [0.717, 1.165) is 0 Å². The summed E-state index contributed by atoms with van der Waals surface area (Å²) in [6.45, 7) is 1.81. The molecule has 0 saturated carbocycles. The Labute approximate surface area is 119 Å². The molecular weight excluding hydrogens is 286 g/mol. The summed E-state index contributed by atoms with van der Waals surface area (Å²) in [6, 6.07) is 0.792. The van der Waals surface area contributed by atoms with E-state index in [4.69, 9.17) is 11.6 Å². The SMILES string of the molecule is COC(=O)c1cc(N2CCC(=O)NC2=O)c(Cl)c(C)n1. The third-order valence-electron chi connectivity index (χ3n) is 2.84. The van der Waals surface area contributed by atoms with Crippen molar-refractivity contribution in [3.8, 4) is 0 Å². The molecule has 2 heterocycles. The molecule has 3 amide bonds. The first-order chi connectivity index (χ1) is 9.43. The van der Waals surface area contributed by atoms with Crippen LogP contribution in [-0.4, -0.2) is 36.5 Å². The van der Waals surface area contributed by atoms with E-state index in [1.807, 2.05) is 0 Å². The fourth-order valence-corrected chi connectivity index (χ4v) is 2.04. The Hall–Kier alpha value is -2.15. The molecule has 7 nitrogen and oxygen atoms in total. The molecule has 1 aliphatic rings. The van der Waals surface area contributed by atoms with Crippen LogP contribution in [0.1, 0.15) is 22.6 Å². The molecule has 0 aromatic carbocycles. The highest BCUT2D eigenvalue weighted by Crippen LogP contribution is 2.30. The molecule has 0 radical (unpaired) electrons. The molecule has 1 aromatic rings. The fourth-order valence-electron chi connectivity index (χ4n) is 1.84. The molecule has 0 unspecified atom stereocenters. The van der Waals surface area contributed by atoms with Crippen molar-refractivity contribution in [1.29, 1.82) is 0 Å². The number of methoxy groups -OCH3 is 1. The van der Waals surface area contributed by atoms with Crippen LogP contribution < -0.4 is 10.2 Å². The molecular formula is C12H12ClN3O4. The number of urea groups is 1. The van der Waals surface area contributed by atoms with E-state index < -0.39 is 12.0 Å². The lowest BCUT2D eigenvalue weighted by atomic mass is 10.2. The van der Waals surface area contributed by atoms with Crippen LogP contribution in [0.25, 0.3) is 0 Å². The summed E-state index contributed by atoms with van der Waals surface area (Å²) in [5.41, 5.74) is 0.771. The lowest BCUT2D eigenvalue weighted by Gasteiger charge is -2.27. The number of aryl methyl sites for hydroxylation is 1.